The van der Waals surface area contributed by atoms with Gasteiger partial charge in [0.1, 0.15) is 5.82 Å². The van der Waals surface area contributed by atoms with E-state index in [4.69, 9.17) is 0 Å². The Hall–Kier alpha value is -1.78. The van der Waals surface area contributed by atoms with Gasteiger partial charge in [-0.05, 0) is 30.9 Å². The molecule has 1 aromatic heterocycles. The number of anilines is 1. The topological polar surface area (TPSA) is 48.5 Å². The van der Waals surface area contributed by atoms with E-state index in [2.05, 4.69) is 22.1 Å². The standard InChI is InChI=1S/C17H26N4O/c1-14-6-2-3-7-15(14)19-17(22)21-12-10-20(11-13-21)16-8-4-5-9-18-16/h4-5,8-9,14-15H,2-3,6-7,10-13H2,1H3,(H,19,22)/t14-,15+/m0/s1. The van der Waals surface area contributed by atoms with Crippen LogP contribution in [0.1, 0.15) is 32.6 Å². The van der Waals surface area contributed by atoms with Crippen molar-refractivity contribution in [3.8, 4) is 0 Å². The first-order valence-electron chi connectivity index (χ1n) is 8.45. The van der Waals surface area contributed by atoms with Crippen molar-refractivity contribution in [3.63, 3.8) is 0 Å². The SMILES string of the molecule is C[C@H]1CCCC[C@H]1NC(=O)N1CCN(c2ccccn2)CC1. The second-order valence-electron chi connectivity index (χ2n) is 6.48. The highest BCUT2D eigenvalue weighted by molar-refractivity contribution is 5.75. The minimum absolute atomic E-state index is 0.111. The van der Waals surface area contributed by atoms with Crippen LogP contribution in [0.15, 0.2) is 24.4 Å². The summed E-state index contributed by atoms with van der Waals surface area (Å²) in [6.45, 7) is 5.49. The van der Waals surface area contributed by atoms with Crippen molar-refractivity contribution < 1.29 is 4.79 Å². The van der Waals surface area contributed by atoms with Crippen LogP contribution in [0.25, 0.3) is 0 Å². The van der Waals surface area contributed by atoms with Crippen LogP contribution >= 0.6 is 0 Å². The summed E-state index contributed by atoms with van der Waals surface area (Å²) < 4.78 is 0. The van der Waals surface area contributed by atoms with Crippen molar-refractivity contribution in [2.45, 2.75) is 38.6 Å². The Bertz CT molecular complexity index is 485. The van der Waals surface area contributed by atoms with Gasteiger partial charge in [0.25, 0.3) is 0 Å². The number of amides is 2. The van der Waals surface area contributed by atoms with E-state index in [1.807, 2.05) is 29.3 Å². The van der Waals surface area contributed by atoms with Crippen LogP contribution in [-0.2, 0) is 0 Å². The highest BCUT2D eigenvalue weighted by Gasteiger charge is 2.27. The summed E-state index contributed by atoms with van der Waals surface area (Å²) in [6.07, 6.45) is 6.72. The van der Waals surface area contributed by atoms with E-state index in [-0.39, 0.29) is 6.03 Å². The molecule has 2 fully saturated rings. The normalized spacial score (nSPS) is 25.9. The highest BCUT2D eigenvalue weighted by Crippen LogP contribution is 2.24. The van der Waals surface area contributed by atoms with Crippen molar-refractivity contribution in [2.75, 3.05) is 31.1 Å². The van der Waals surface area contributed by atoms with Gasteiger partial charge in [-0.25, -0.2) is 9.78 Å². The molecule has 5 heteroatoms. The number of rotatable bonds is 2. The van der Waals surface area contributed by atoms with Crippen LogP contribution in [0.4, 0.5) is 10.6 Å². The number of nitrogens with one attached hydrogen (secondary N) is 1. The van der Waals surface area contributed by atoms with E-state index in [1.165, 1.54) is 19.3 Å². The molecule has 0 unspecified atom stereocenters. The molecule has 2 heterocycles. The van der Waals surface area contributed by atoms with Crippen LogP contribution in [-0.4, -0.2) is 48.1 Å². The largest absolute Gasteiger partial charge is 0.353 e. The summed E-state index contributed by atoms with van der Waals surface area (Å²) >= 11 is 0. The highest BCUT2D eigenvalue weighted by atomic mass is 16.2. The molecular weight excluding hydrogens is 276 g/mol. The maximum atomic E-state index is 12.4. The molecule has 5 nitrogen and oxygen atoms in total. The second kappa shape index (κ2) is 6.99. The fraction of sp³-hybridized carbons (Fsp3) is 0.647. The second-order valence-corrected chi connectivity index (χ2v) is 6.48. The van der Waals surface area contributed by atoms with Gasteiger partial charge in [-0.1, -0.05) is 25.8 Å². The Morgan fingerprint density at radius 1 is 1.18 bits per heavy atom. The van der Waals surface area contributed by atoms with Crippen molar-refractivity contribution in [3.05, 3.63) is 24.4 Å². The first-order valence-corrected chi connectivity index (χ1v) is 8.45. The van der Waals surface area contributed by atoms with E-state index >= 15 is 0 Å². The fourth-order valence-electron chi connectivity index (χ4n) is 3.46. The Kier molecular flexibility index (Phi) is 4.80. The summed E-state index contributed by atoms with van der Waals surface area (Å²) in [7, 11) is 0. The predicted molar refractivity (Wildman–Crippen MR) is 88.0 cm³/mol. The fourth-order valence-corrected chi connectivity index (χ4v) is 3.46. The zero-order chi connectivity index (χ0) is 15.4. The summed E-state index contributed by atoms with van der Waals surface area (Å²) in [5, 5.41) is 3.25. The van der Waals surface area contributed by atoms with Crippen molar-refractivity contribution in [1.82, 2.24) is 15.2 Å². The number of carbonyl (C=O) groups is 1. The van der Waals surface area contributed by atoms with Gasteiger partial charge in [0.2, 0.25) is 0 Å². The monoisotopic (exact) mass is 302 g/mol. The molecule has 120 valence electrons. The molecule has 1 aliphatic carbocycles. The molecule has 1 aliphatic heterocycles. The van der Waals surface area contributed by atoms with Crippen LogP contribution in [0.2, 0.25) is 0 Å². The van der Waals surface area contributed by atoms with E-state index in [1.54, 1.807) is 0 Å². The molecule has 2 amide bonds. The Morgan fingerprint density at radius 3 is 2.64 bits per heavy atom. The smallest absolute Gasteiger partial charge is 0.317 e. The van der Waals surface area contributed by atoms with Gasteiger partial charge in [0.15, 0.2) is 0 Å². The predicted octanol–water partition coefficient (Wildman–Crippen LogP) is 2.49. The number of urea groups is 1. The lowest BCUT2D eigenvalue weighted by atomic mass is 9.86. The third-order valence-corrected chi connectivity index (χ3v) is 4.96. The van der Waals surface area contributed by atoms with Gasteiger partial charge in [0, 0.05) is 38.4 Å². The third kappa shape index (κ3) is 3.51. The van der Waals surface area contributed by atoms with Gasteiger partial charge >= 0.3 is 6.03 Å². The van der Waals surface area contributed by atoms with E-state index < -0.39 is 0 Å². The minimum atomic E-state index is 0.111. The van der Waals surface area contributed by atoms with Gasteiger partial charge in [-0.3, -0.25) is 0 Å². The molecule has 0 aromatic carbocycles. The van der Waals surface area contributed by atoms with Crippen LogP contribution in [0.3, 0.4) is 0 Å². The minimum Gasteiger partial charge on any atom is -0.353 e. The lowest BCUT2D eigenvalue weighted by Gasteiger charge is -2.37. The van der Waals surface area contributed by atoms with Crippen molar-refractivity contribution in [1.29, 1.82) is 0 Å². The van der Waals surface area contributed by atoms with Crippen molar-refractivity contribution in [2.24, 2.45) is 5.92 Å². The molecule has 0 radical (unpaired) electrons. The molecule has 1 saturated carbocycles. The molecule has 2 aliphatic rings. The quantitative estimate of drug-likeness (QED) is 0.913. The average Bonchev–Trinajstić information content (AvgIpc) is 2.58. The van der Waals surface area contributed by atoms with Crippen LogP contribution in [0.5, 0.6) is 0 Å². The molecule has 22 heavy (non-hydrogen) atoms. The average molecular weight is 302 g/mol. The van der Waals surface area contributed by atoms with E-state index in [0.29, 0.717) is 12.0 Å². The van der Waals surface area contributed by atoms with Gasteiger partial charge in [-0.15, -0.1) is 0 Å². The molecule has 1 N–H and O–H groups in total. The molecule has 0 bridgehead atoms. The van der Waals surface area contributed by atoms with Crippen molar-refractivity contribution >= 4 is 11.8 Å². The van der Waals surface area contributed by atoms with Crippen LogP contribution in [0, 0.1) is 5.92 Å². The Morgan fingerprint density at radius 2 is 1.95 bits per heavy atom. The lowest BCUT2D eigenvalue weighted by Crippen LogP contribution is -2.54. The maximum absolute atomic E-state index is 12.4. The lowest BCUT2D eigenvalue weighted by molar-refractivity contribution is 0.179. The maximum Gasteiger partial charge on any atom is 0.317 e. The molecule has 1 aromatic rings. The van der Waals surface area contributed by atoms with Crippen LogP contribution < -0.4 is 10.2 Å². The Balaban J connectivity index is 1.49. The van der Waals surface area contributed by atoms with Gasteiger partial charge in [0.05, 0.1) is 0 Å². The summed E-state index contributed by atoms with van der Waals surface area (Å²) in [4.78, 5) is 21.0. The van der Waals surface area contributed by atoms with E-state index in [9.17, 15) is 4.79 Å². The zero-order valence-electron chi connectivity index (χ0n) is 13.4. The molecule has 0 spiro atoms. The summed E-state index contributed by atoms with van der Waals surface area (Å²) in [5.41, 5.74) is 0. The van der Waals surface area contributed by atoms with E-state index in [0.717, 1.165) is 38.4 Å². The van der Waals surface area contributed by atoms with Gasteiger partial charge < -0.3 is 15.1 Å². The molecule has 1 saturated heterocycles. The number of pyridine rings is 1. The third-order valence-electron chi connectivity index (χ3n) is 4.96. The number of hydrogen-bond acceptors (Lipinski definition) is 3. The number of hydrogen-bond donors (Lipinski definition) is 1. The van der Waals surface area contributed by atoms with Gasteiger partial charge in [-0.2, -0.15) is 0 Å². The Labute approximate surface area is 132 Å². The molecular formula is C17H26N4O. The summed E-state index contributed by atoms with van der Waals surface area (Å²) in [5.74, 6) is 1.61. The summed E-state index contributed by atoms with van der Waals surface area (Å²) in [6, 6.07) is 6.43. The molecule has 2 atom stereocenters. The number of aromatic nitrogens is 1. The zero-order valence-corrected chi connectivity index (χ0v) is 13.4. The number of piperazine rings is 1. The number of carbonyl (C=O) groups excluding carboxylic acids is 1. The first-order chi connectivity index (χ1) is 10.7. The molecule has 3 rings (SSSR count). The number of nitrogens with zero attached hydrogens (tertiary/aromatic N) is 3. The first kappa shape index (κ1) is 15.1.